The van der Waals surface area contributed by atoms with Crippen LogP contribution in [0.4, 0.5) is 5.69 Å². The van der Waals surface area contributed by atoms with E-state index in [9.17, 15) is 9.59 Å². The van der Waals surface area contributed by atoms with Crippen molar-refractivity contribution in [1.82, 2.24) is 5.32 Å². The van der Waals surface area contributed by atoms with Gasteiger partial charge in [0.1, 0.15) is 5.41 Å². The van der Waals surface area contributed by atoms with Gasteiger partial charge in [0, 0.05) is 25.3 Å². The molecule has 0 atom stereocenters. The normalized spacial score (nSPS) is 11.1. The molecule has 0 bridgehead atoms. The lowest BCUT2D eigenvalue weighted by molar-refractivity contribution is -0.138. The van der Waals surface area contributed by atoms with Crippen molar-refractivity contribution < 1.29 is 14.3 Å². The van der Waals surface area contributed by atoms with Crippen LogP contribution in [0.5, 0.6) is 0 Å². The number of carbonyl (C=O) groups excluding carboxylic acids is 2. The SMILES string of the molecule is COCCCNC(=O)C(C)(C)C(=O)Nc1cc(Cl)ccc1Cl. The van der Waals surface area contributed by atoms with Crippen molar-refractivity contribution in [1.29, 1.82) is 0 Å². The highest BCUT2D eigenvalue weighted by atomic mass is 35.5. The topological polar surface area (TPSA) is 67.4 Å². The molecule has 0 aromatic heterocycles. The van der Waals surface area contributed by atoms with Crippen LogP contribution in [-0.2, 0) is 14.3 Å². The number of anilines is 1. The molecule has 22 heavy (non-hydrogen) atoms. The summed E-state index contributed by atoms with van der Waals surface area (Å²) in [7, 11) is 1.59. The summed E-state index contributed by atoms with van der Waals surface area (Å²) in [6.07, 6.45) is 0.681. The smallest absolute Gasteiger partial charge is 0.239 e. The van der Waals surface area contributed by atoms with Crippen LogP contribution in [0.1, 0.15) is 20.3 Å². The molecule has 7 heteroatoms. The summed E-state index contributed by atoms with van der Waals surface area (Å²) in [5, 5.41) is 6.15. The van der Waals surface area contributed by atoms with Gasteiger partial charge in [-0.05, 0) is 38.5 Å². The number of carbonyl (C=O) groups is 2. The zero-order valence-electron chi connectivity index (χ0n) is 12.8. The quantitative estimate of drug-likeness (QED) is 0.588. The lowest BCUT2D eigenvalue weighted by atomic mass is 9.91. The van der Waals surface area contributed by atoms with Gasteiger partial charge in [0.15, 0.2) is 0 Å². The number of halogens is 2. The number of hydrogen-bond donors (Lipinski definition) is 2. The molecule has 1 aromatic rings. The Bertz CT molecular complexity index is 548. The highest BCUT2D eigenvalue weighted by Gasteiger charge is 2.36. The Morgan fingerprint density at radius 1 is 1.23 bits per heavy atom. The maximum Gasteiger partial charge on any atom is 0.239 e. The first kappa shape index (κ1) is 18.7. The zero-order valence-corrected chi connectivity index (χ0v) is 14.3. The third-order valence-electron chi connectivity index (χ3n) is 3.12. The largest absolute Gasteiger partial charge is 0.385 e. The van der Waals surface area contributed by atoms with Gasteiger partial charge in [0.2, 0.25) is 11.8 Å². The molecule has 0 heterocycles. The Kier molecular flexibility index (Phi) is 7.13. The molecule has 1 aromatic carbocycles. The number of rotatable bonds is 7. The van der Waals surface area contributed by atoms with Gasteiger partial charge in [0.05, 0.1) is 10.7 Å². The molecule has 0 spiro atoms. The van der Waals surface area contributed by atoms with E-state index < -0.39 is 11.3 Å². The third kappa shape index (κ3) is 5.16. The second-order valence-corrected chi connectivity index (χ2v) is 6.15. The van der Waals surface area contributed by atoms with E-state index in [2.05, 4.69) is 10.6 Å². The molecule has 0 aliphatic heterocycles. The summed E-state index contributed by atoms with van der Waals surface area (Å²) in [5.74, 6) is -0.819. The number of ether oxygens (including phenoxy) is 1. The fraction of sp³-hybridized carbons (Fsp3) is 0.467. The summed E-state index contributed by atoms with van der Waals surface area (Å²) < 4.78 is 4.90. The molecule has 0 saturated heterocycles. The van der Waals surface area contributed by atoms with Crippen LogP contribution in [0.15, 0.2) is 18.2 Å². The molecule has 2 amide bonds. The molecule has 1 rings (SSSR count). The predicted molar refractivity (Wildman–Crippen MR) is 88.4 cm³/mol. The van der Waals surface area contributed by atoms with Crippen molar-refractivity contribution in [3.63, 3.8) is 0 Å². The fourth-order valence-electron chi connectivity index (χ4n) is 1.61. The maximum absolute atomic E-state index is 12.3. The van der Waals surface area contributed by atoms with E-state index in [1.54, 1.807) is 33.1 Å². The van der Waals surface area contributed by atoms with E-state index in [1.807, 2.05) is 0 Å². The van der Waals surface area contributed by atoms with Gasteiger partial charge in [-0.15, -0.1) is 0 Å². The number of nitrogens with one attached hydrogen (secondary N) is 2. The lowest BCUT2D eigenvalue weighted by Gasteiger charge is -2.23. The Hall–Kier alpha value is -1.30. The van der Waals surface area contributed by atoms with Crippen LogP contribution in [0.2, 0.25) is 10.0 Å². The minimum Gasteiger partial charge on any atom is -0.385 e. The molecule has 0 radical (unpaired) electrons. The van der Waals surface area contributed by atoms with Crippen molar-refractivity contribution in [2.24, 2.45) is 5.41 Å². The fourth-order valence-corrected chi connectivity index (χ4v) is 1.95. The predicted octanol–water partition coefficient (Wildman–Crippen LogP) is 3.11. The molecular formula is C15H20Cl2N2O3. The molecule has 0 aliphatic rings. The van der Waals surface area contributed by atoms with Crippen molar-refractivity contribution in [3.8, 4) is 0 Å². The number of hydrogen-bond acceptors (Lipinski definition) is 3. The standard InChI is InChI=1S/C15H20Cl2N2O3/c1-15(2,13(20)18-7-4-8-22-3)14(21)19-12-9-10(16)5-6-11(12)17/h5-6,9H,4,7-8H2,1-3H3,(H,18,20)(H,19,21). The molecular weight excluding hydrogens is 327 g/mol. The molecule has 0 fully saturated rings. The van der Waals surface area contributed by atoms with Crippen molar-refractivity contribution in [3.05, 3.63) is 28.2 Å². The van der Waals surface area contributed by atoms with Gasteiger partial charge in [-0.25, -0.2) is 0 Å². The first-order chi connectivity index (χ1) is 10.3. The van der Waals surface area contributed by atoms with Crippen LogP contribution in [0.25, 0.3) is 0 Å². The van der Waals surface area contributed by atoms with Crippen LogP contribution in [0, 0.1) is 5.41 Å². The second-order valence-electron chi connectivity index (χ2n) is 5.31. The average molecular weight is 347 g/mol. The van der Waals surface area contributed by atoms with Gasteiger partial charge in [-0.3, -0.25) is 9.59 Å². The monoisotopic (exact) mass is 346 g/mol. The Morgan fingerprint density at radius 2 is 1.91 bits per heavy atom. The van der Waals surface area contributed by atoms with Crippen molar-refractivity contribution in [2.75, 3.05) is 25.6 Å². The summed E-state index contributed by atoms with van der Waals surface area (Å²) in [6, 6.07) is 4.74. The third-order valence-corrected chi connectivity index (χ3v) is 3.69. The molecule has 0 saturated carbocycles. The van der Waals surface area contributed by atoms with Gasteiger partial charge in [0.25, 0.3) is 0 Å². The van der Waals surface area contributed by atoms with E-state index >= 15 is 0 Å². The van der Waals surface area contributed by atoms with Gasteiger partial charge in [-0.1, -0.05) is 23.2 Å². The van der Waals surface area contributed by atoms with Crippen molar-refractivity contribution in [2.45, 2.75) is 20.3 Å². The maximum atomic E-state index is 12.3. The van der Waals surface area contributed by atoms with Crippen LogP contribution in [-0.4, -0.2) is 32.1 Å². The molecule has 2 N–H and O–H groups in total. The van der Waals surface area contributed by atoms with E-state index in [0.717, 1.165) is 0 Å². The Balaban J connectivity index is 2.69. The molecule has 122 valence electrons. The first-order valence-corrected chi connectivity index (χ1v) is 7.58. The second kappa shape index (κ2) is 8.36. The zero-order chi connectivity index (χ0) is 16.8. The average Bonchev–Trinajstić information content (AvgIpc) is 2.47. The van der Waals surface area contributed by atoms with E-state index in [0.29, 0.717) is 35.3 Å². The number of benzene rings is 1. The molecule has 5 nitrogen and oxygen atoms in total. The summed E-state index contributed by atoms with van der Waals surface area (Å²) in [6.45, 7) is 4.09. The minimum atomic E-state index is -1.24. The first-order valence-electron chi connectivity index (χ1n) is 6.82. The summed E-state index contributed by atoms with van der Waals surface area (Å²) in [5.41, 5.74) is -0.863. The molecule has 0 unspecified atom stereocenters. The van der Waals surface area contributed by atoms with Gasteiger partial charge in [-0.2, -0.15) is 0 Å². The minimum absolute atomic E-state index is 0.356. The van der Waals surface area contributed by atoms with Crippen molar-refractivity contribution >= 4 is 40.7 Å². The van der Waals surface area contributed by atoms with Crippen LogP contribution < -0.4 is 10.6 Å². The van der Waals surface area contributed by atoms with Crippen LogP contribution in [0.3, 0.4) is 0 Å². The van der Waals surface area contributed by atoms with Gasteiger partial charge >= 0.3 is 0 Å². The number of amides is 2. The highest BCUT2D eigenvalue weighted by Crippen LogP contribution is 2.27. The summed E-state index contributed by atoms with van der Waals surface area (Å²) >= 11 is 11.9. The molecule has 0 aliphatic carbocycles. The Morgan fingerprint density at radius 3 is 2.55 bits per heavy atom. The van der Waals surface area contributed by atoms with Crippen LogP contribution >= 0.6 is 23.2 Å². The Labute approximate surface area is 140 Å². The summed E-state index contributed by atoms with van der Waals surface area (Å²) in [4.78, 5) is 24.5. The highest BCUT2D eigenvalue weighted by molar-refractivity contribution is 6.35. The number of methoxy groups -OCH3 is 1. The van der Waals surface area contributed by atoms with E-state index in [-0.39, 0.29) is 5.91 Å². The van der Waals surface area contributed by atoms with E-state index in [4.69, 9.17) is 27.9 Å². The lowest BCUT2D eigenvalue weighted by Crippen LogP contribution is -2.45. The van der Waals surface area contributed by atoms with Gasteiger partial charge < -0.3 is 15.4 Å². The van der Waals surface area contributed by atoms with E-state index in [1.165, 1.54) is 6.07 Å².